The Morgan fingerprint density at radius 2 is 2.12 bits per heavy atom. The van der Waals surface area contributed by atoms with Gasteiger partial charge in [-0.05, 0) is 30.6 Å². The molecular formula is C7H11I. The molecule has 3 saturated carbocycles. The normalized spacial score (nSPS) is 60.8. The maximum atomic E-state index is 2.62. The summed E-state index contributed by atoms with van der Waals surface area (Å²) in [6.45, 7) is 2.44. The molecule has 3 aliphatic carbocycles. The van der Waals surface area contributed by atoms with Gasteiger partial charge in [0.2, 0.25) is 0 Å². The maximum Gasteiger partial charge on any atom is 0.0166 e. The minimum Gasteiger partial charge on any atom is -0.0820 e. The molecule has 0 aliphatic heterocycles. The minimum atomic E-state index is 0.783. The monoisotopic (exact) mass is 222 g/mol. The van der Waals surface area contributed by atoms with Crippen LogP contribution in [0.15, 0.2) is 0 Å². The Hall–Kier alpha value is 0.730. The van der Waals surface area contributed by atoms with Crippen molar-refractivity contribution in [3.05, 3.63) is 0 Å². The largest absolute Gasteiger partial charge is 0.0820 e. The fourth-order valence-corrected chi connectivity index (χ4v) is 3.49. The molecule has 0 aromatic heterocycles. The third-order valence-corrected chi connectivity index (χ3v) is 4.82. The zero-order valence-corrected chi connectivity index (χ0v) is 7.31. The van der Waals surface area contributed by atoms with Crippen molar-refractivity contribution in [1.82, 2.24) is 0 Å². The highest BCUT2D eigenvalue weighted by atomic mass is 127. The highest BCUT2D eigenvalue weighted by molar-refractivity contribution is 14.1. The lowest BCUT2D eigenvalue weighted by atomic mass is 9.71. The lowest BCUT2D eigenvalue weighted by Gasteiger charge is -2.36. The van der Waals surface area contributed by atoms with Gasteiger partial charge in [0.15, 0.2) is 0 Å². The van der Waals surface area contributed by atoms with Crippen LogP contribution < -0.4 is 0 Å². The van der Waals surface area contributed by atoms with Crippen molar-refractivity contribution < 1.29 is 0 Å². The van der Waals surface area contributed by atoms with E-state index in [1.807, 2.05) is 0 Å². The zero-order chi connectivity index (χ0) is 5.78. The van der Waals surface area contributed by atoms with E-state index in [4.69, 9.17) is 0 Å². The molecule has 0 saturated heterocycles. The molecule has 1 unspecified atom stereocenters. The van der Waals surface area contributed by atoms with Gasteiger partial charge >= 0.3 is 0 Å². The van der Waals surface area contributed by atoms with Crippen LogP contribution in [0.25, 0.3) is 0 Å². The quantitative estimate of drug-likeness (QED) is 0.436. The van der Waals surface area contributed by atoms with Crippen LogP contribution in [0.2, 0.25) is 0 Å². The van der Waals surface area contributed by atoms with Crippen LogP contribution in [0.1, 0.15) is 26.2 Å². The Kier molecular flexibility index (Phi) is 0.975. The van der Waals surface area contributed by atoms with Gasteiger partial charge in [-0.25, -0.2) is 0 Å². The highest BCUT2D eigenvalue weighted by Crippen LogP contribution is 2.61. The second-order valence-corrected chi connectivity index (χ2v) is 5.14. The number of hydrogen-bond donors (Lipinski definition) is 0. The van der Waals surface area contributed by atoms with Crippen LogP contribution in [0.5, 0.6) is 0 Å². The van der Waals surface area contributed by atoms with Crippen molar-refractivity contribution in [2.24, 2.45) is 11.3 Å². The van der Waals surface area contributed by atoms with Crippen molar-refractivity contribution in [2.45, 2.75) is 30.1 Å². The summed E-state index contributed by atoms with van der Waals surface area (Å²) in [5, 5.41) is 0. The molecule has 1 atom stereocenters. The molecule has 3 aliphatic rings. The van der Waals surface area contributed by atoms with E-state index >= 15 is 0 Å². The second kappa shape index (κ2) is 1.41. The van der Waals surface area contributed by atoms with Crippen molar-refractivity contribution in [1.29, 1.82) is 0 Å². The van der Waals surface area contributed by atoms with Gasteiger partial charge in [0.05, 0.1) is 0 Å². The Morgan fingerprint density at radius 1 is 1.50 bits per heavy atom. The van der Waals surface area contributed by atoms with E-state index < -0.39 is 0 Å². The zero-order valence-electron chi connectivity index (χ0n) is 5.15. The molecule has 0 amide bonds. The van der Waals surface area contributed by atoms with E-state index in [9.17, 15) is 0 Å². The van der Waals surface area contributed by atoms with Crippen LogP contribution in [0.4, 0.5) is 0 Å². The van der Waals surface area contributed by atoms with Gasteiger partial charge in [0, 0.05) is 3.92 Å². The molecule has 0 nitrogen and oxygen atoms in total. The summed E-state index contributed by atoms with van der Waals surface area (Å²) in [4.78, 5) is 0. The molecule has 0 N–H and O–H groups in total. The average Bonchev–Trinajstić information content (AvgIpc) is 1.90. The predicted octanol–water partition coefficient (Wildman–Crippen LogP) is 2.61. The minimum absolute atomic E-state index is 0.783. The number of rotatable bonds is 0. The molecule has 3 fully saturated rings. The molecule has 0 aromatic carbocycles. The van der Waals surface area contributed by atoms with Gasteiger partial charge in [-0.1, -0.05) is 29.5 Å². The van der Waals surface area contributed by atoms with Gasteiger partial charge < -0.3 is 0 Å². The summed E-state index contributed by atoms with van der Waals surface area (Å²) in [7, 11) is 0. The first kappa shape index (κ1) is 5.51. The maximum absolute atomic E-state index is 2.62. The molecule has 0 spiro atoms. The first-order valence-corrected chi connectivity index (χ1v) is 4.59. The van der Waals surface area contributed by atoms with Crippen molar-refractivity contribution in [3.8, 4) is 0 Å². The standard InChI is InChI=1S/C7H11I/c1-7-3-5(4-7)2-6(7)8/h5-6H,2-4H2,1H3. The number of halogens is 1. The lowest BCUT2D eigenvalue weighted by Crippen LogP contribution is -2.28. The smallest absolute Gasteiger partial charge is 0.0166 e. The Bertz CT molecular complexity index is 111. The Balaban J connectivity index is 2.21. The molecular weight excluding hydrogens is 211 g/mol. The third kappa shape index (κ3) is 0.514. The molecule has 0 radical (unpaired) electrons. The molecule has 1 heteroatoms. The highest BCUT2D eigenvalue weighted by Gasteiger charge is 2.52. The predicted molar refractivity (Wildman–Crippen MR) is 43.3 cm³/mol. The van der Waals surface area contributed by atoms with Gasteiger partial charge in [0.1, 0.15) is 0 Å². The van der Waals surface area contributed by atoms with E-state index in [2.05, 4.69) is 29.5 Å². The van der Waals surface area contributed by atoms with E-state index in [1.165, 1.54) is 19.3 Å². The molecule has 2 bridgehead atoms. The summed E-state index contributed by atoms with van der Waals surface area (Å²) in [6.07, 6.45) is 4.57. The second-order valence-electron chi connectivity index (χ2n) is 3.63. The van der Waals surface area contributed by atoms with Crippen molar-refractivity contribution >= 4 is 22.6 Å². The summed E-state index contributed by atoms with van der Waals surface area (Å²) >= 11 is 2.62. The van der Waals surface area contributed by atoms with Crippen LogP contribution in [-0.4, -0.2) is 3.92 Å². The topological polar surface area (TPSA) is 0 Å². The first-order valence-electron chi connectivity index (χ1n) is 3.35. The number of fused-ring (bicyclic) bond motifs is 1. The van der Waals surface area contributed by atoms with E-state index in [1.54, 1.807) is 0 Å². The van der Waals surface area contributed by atoms with E-state index in [0.29, 0.717) is 0 Å². The number of hydrogen-bond acceptors (Lipinski definition) is 0. The molecule has 46 valence electrons. The van der Waals surface area contributed by atoms with E-state index in [-0.39, 0.29) is 0 Å². The van der Waals surface area contributed by atoms with E-state index in [0.717, 1.165) is 15.3 Å². The summed E-state index contributed by atoms with van der Waals surface area (Å²) in [5.74, 6) is 1.13. The molecule has 3 rings (SSSR count). The van der Waals surface area contributed by atoms with Crippen LogP contribution in [0.3, 0.4) is 0 Å². The fraction of sp³-hybridized carbons (Fsp3) is 1.00. The van der Waals surface area contributed by atoms with Crippen LogP contribution >= 0.6 is 22.6 Å². The lowest BCUT2D eigenvalue weighted by molar-refractivity contribution is 0.177. The summed E-state index contributed by atoms with van der Waals surface area (Å²) in [6, 6.07) is 0. The third-order valence-electron chi connectivity index (χ3n) is 2.81. The summed E-state index contributed by atoms with van der Waals surface area (Å²) in [5.41, 5.74) is 0.783. The van der Waals surface area contributed by atoms with Crippen molar-refractivity contribution in [2.75, 3.05) is 0 Å². The van der Waals surface area contributed by atoms with Crippen LogP contribution in [-0.2, 0) is 0 Å². The SMILES string of the molecule is CC12CC(CC1I)C2. The molecule has 8 heavy (non-hydrogen) atoms. The molecule has 0 heterocycles. The number of alkyl halides is 1. The summed E-state index contributed by atoms with van der Waals surface area (Å²) < 4.78 is 1.00. The average molecular weight is 222 g/mol. The van der Waals surface area contributed by atoms with Gasteiger partial charge in [-0.3, -0.25) is 0 Å². The van der Waals surface area contributed by atoms with Gasteiger partial charge in [0.25, 0.3) is 0 Å². The Morgan fingerprint density at radius 3 is 2.25 bits per heavy atom. The first-order chi connectivity index (χ1) is 3.71. The van der Waals surface area contributed by atoms with Crippen LogP contribution in [0, 0.1) is 11.3 Å². The molecule has 0 aromatic rings. The van der Waals surface area contributed by atoms with Gasteiger partial charge in [-0.15, -0.1) is 0 Å². The van der Waals surface area contributed by atoms with Crippen molar-refractivity contribution in [3.63, 3.8) is 0 Å². The Labute approximate surface area is 64.2 Å². The fourth-order valence-electron chi connectivity index (χ4n) is 2.26. The van der Waals surface area contributed by atoms with Gasteiger partial charge in [-0.2, -0.15) is 0 Å².